The van der Waals surface area contributed by atoms with Crippen molar-refractivity contribution < 1.29 is 22.7 Å². The van der Waals surface area contributed by atoms with Crippen LogP contribution in [0.2, 0.25) is 5.02 Å². The number of piperazine rings is 1. The topological polar surface area (TPSA) is 96.9 Å². The van der Waals surface area contributed by atoms with Crippen molar-refractivity contribution in [2.24, 2.45) is 0 Å². The van der Waals surface area contributed by atoms with Crippen LogP contribution in [-0.4, -0.2) is 67.3 Å². The molecular weight excluding hydrogens is 478 g/mol. The number of ether oxygens (including phenoxy) is 1. The second-order valence-electron chi connectivity index (χ2n) is 7.60. The van der Waals surface area contributed by atoms with Gasteiger partial charge in [0.05, 0.1) is 10.4 Å². The summed E-state index contributed by atoms with van der Waals surface area (Å²) in [5, 5.41) is 1.40. The first kappa shape index (κ1) is 23.9. The summed E-state index contributed by atoms with van der Waals surface area (Å²) in [4.78, 5) is 30.5. The number of amides is 1. The summed E-state index contributed by atoms with van der Waals surface area (Å²) in [6.45, 7) is 0.305. The van der Waals surface area contributed by atoms with Crippen LogP contribution in [0, 0.1) is 0 Å². The fraction of sp³-hybridized carbons (Fsp3) is 0.208. The van der Waals surface area contributed by atoms with Crippen molar-refractivity contribution in [3.8, 4) is 0 Å². The molecule has 2 aromatic carbocycles. The van der Waals surface area contributed by atoms with Gasteiger partial charge in [-0.25, -0.2) is 13.2 Å². The number of hydrogen-bond acceptors (Lipinski definition) is 6. The van der Waals surface area contributed by atoms with Crippen molar-refractivity contribution in [1.29, 1.82) is 0 Å². The Labute approximate surface area is 202 Å². The molecule has 2 heterocycles. The van der Waals surface area contributed by atoms with Gasteiger partial charge in [-0.3, -0.25) is 9.78 Å². The molecule has 0 unspecified atom stereocenters. The van der Waals surface area contributed by atoms with E-state index >= 15 is 0 Å². The summed E-state index contributed by atoms with van der Waals surface area (Å²) in [6, 6.07) is 15.3. The standard InChI is InChI=1S/C24H22ClN3O5S/c25-20-7-9-21(10-8-20)34(31,32)28-15-13-27(14-16-28)22(29)17-33-23(30)11-6-19-4-1-3-18-5-2-12-26-24(18)19/h1-12H,13-17H2/b11-6+. The number of aromatic nitrogens is 1. The minimum absolute atomic E-state index is 0.151. The number of carbonyl (C=O) groups is 2. The molecule has 1 amide bonds. The number of rotatable bonds is 6. The maximum Gasteiger partial charge on any atom is 0.331 e. The zero-order valence-electron chi connectivity index (χ0n) is 18.1. The van der Waals surface area contributed by atoms with E-state index in [1.165, 1.54) is 39.5 Å². The smallest absolute Gasteiger partial charge is 0.331 e. The van der Waals surface area contributed by atoms with Crippen molar-refractivity contribution in [1.82, 2.24) is 14.2 Å². The molecule has 0 radical (unpaired) electrons. The van der Waals surface area contributed by atoms with Gasteiger partial charge in [0.25, 0.3) is 5.91 Å². The molecule has 0 bridgehead atoms. The van der Waals surface area contributed by atoms with Crippen LogP contribution in [-0.2, 0) is 24.3 Å². The number of nitrogens with zero attached hydrogens (tertiary/aromatic N) is 3. The summed E-state index contributed by atoms with van der Waals surface area (Å²) in [5.41, 5.74) is 1.52. The average molecular weight is 500 g/mol. The minimum atomic E-state index is -3.67. The largest absolute Gasteiger partial charge is 0.452 e. The van der Waals surface area contributed by atoms with Crippen LogP contribution in [0.4, 0.5) is 0 Å². The Bertz CT molecular complexity index is 1330. The van der Waals surface area contributed by atoms with Crippen molar-refractivity contribution in [3.63, 3.8) is 0 Å². The Hall–Kier alpha value is -3.27. The number of hydrogen-bond donors (Lipinski definition) is 0. The van der Waals surface area contributed by atoms with E-state index in [0.717, 1.165) is 16.5 Å². The highest BCUT2D eigenvalue weighted by atomic mass is 35.5. The SMILES string of the molecule is O=C(/C=C/c1cccc2cccnc12)OCC(=O)N1CCN(S(=O)(=O)c2ccc(Cl)cc2)CC1. The predicted octanol–water partition coefficient (Wildman–Crippen LogP) is 2.98. The molecule has 0 saturated carbocycles. The van der Waals surface area contributed by atoms with Crippen LogP contribution in [0.3, 0.4) is 0 Å². The lowest BCUT2D eigenvalue weighted by Gasteiger charge is -2.33. The molecule has 1 fully saturated rings. The third-order valence-corrected chi connectivity index (χ3v) is 7.61. The number of sulfonamides is 1. The Morgan fingerprint density at radius 2 is 1.71 bits per heavy atom. The molecular formula is C24H22ClN3O5S. The van der Waals surface area contributed by atoms with Gasteiger partial charge in [0, 0.05) is 54.4 Å². The predicted molar refractivity (Wildman–Crippen MR) is 129 cm³/mol. The average Bonchev–Trinajstić information content (AvgIpc) is 2.86. The number of pyridine rings is 1. The van der Waals surface area contributed by atoms with Crippen molar-refractivity contribution >= 4 is 50.5 Å². The van der Waals surface area contributed by atoms with Crippen LogP contribution in [0.15, 0.2) is 71.8 Å². The van der Waals surface area contributed by atoms with Gasteiger partial charge in [0.15, 0.2) is 6.61 Å². The van der Waals surface area contributed by atoms with Gasteiger partial charge in [0.2, 0.25) is 10.0 Å². The summed E-state index contributed by atoms with van der Waals surface area (Å²) in [5.74, 6) is -1.03. The molecule has 1 aromatic heterocycles. The fourth-order valence-electron chi connectivity index (χ4n) is 3.63. The lowest BCUT2D eigenvalue weighted by atomic mass is 10.1. The molecule has 1 aliphatic rings. The monoisotopic (exact) mass is 499 g/mol. The van der Waals surface area contributed by atoms with Crippen LogP contribution in [0.1, 0.15) is 5.56 Å². The number of para-hydroxylation sites is 1. The van der Waals surface area contributed by atoms with Gasteiger partial charge in [-0.05, 0) is 36.4 Å². The number of halogens is 1. The number of fused-ring (bicyclic) bond motifs is 1. The first-order chi connectivity index (χ1) is 16.3. The molecule has 34 heavy (non-hydrogen) atoms. The third-order valence-electron chi connectivity index (χ3n) is 5.44. The molecule has 0 spiro atoms. The maximum absolute atomic E-state index is 12.8. The van der Waals surface area contributed by atoms with E-state index in [9.17, 15) is 18.0 Å². The molecule has 0 atom stereocenters. The second kappa shape index (κ2) is 10.3. The molecule has 3 aromatic rings. The molecule has 1 aliphatic heterocycles. The highest BCUT2D eigenvalue weighted by Gasteiger charge is 2.30. The maximum atomic E-state index is 12.8. The van der Waals surface area contributed by atoms with E-state index in [0.29, 0.717) is 5.02 Å². The van der Waals surface area contributed by atoms with Gasteiger partial charge in [-0.1, -0.05) is 35.9 Å². The number of esters is 1. The van der Waals surface area contributed by atoms with E-state index in [1.807, 2.05) is 30.3 Å². The first-order valence-corrected chi connectivity index (χ1v) is 12.4. The summed E-state index contributed by atoms with van der Waals surface area (Å²) >= 11 is 5.83. The normalized spacial score (nSPS) is 15.0. The quantitative estimate of drug-likeness (QED) is 0.382. The van der Waals surface area contributed by atoms with Crippen molar-refractivity contribution in [2.75, 3.05) is 32.8 Å². The summed E-state index contributed by atoms with van der Waals surface area (Å²) < 4.78 is 31.9. The highest BCUT2D eigenvalue weighted by molar-refractivity contribution is 7.89. The van der Waals surface area contributed by atoms with E-state index in [1.54, 1.807) is 12.3 Å². The van der Waals surface area contributed by atoms with Crippen LogP contribution < -0.4 is 0 Å². The zero-order valence-corrected chi connectivity index (χ0v) is 19.7. The lowest BCUT2D eigenvalue weighted by molar-refractivity contribution is -0.148. The molecule has 8 nitrogen and oxygen atoms in total. The fourth-order valence-corrected chi connectivity index (χ4v) is 5.17. The summed E-state index contributed by atoms with van der Waals surface area (Å²) in [6.07, 6.45) is 4.53. The second-order valence-corrected chi connectivity index (χ2v) is 9.98. The van der Waals surface area contributed by atoms with Gasteiger partial charge in [-0.15, -0.1) is 0 Å². The lowest BCUT2D eigenvalue weighted by Crippen LogP contribution is -2.51. The molecule has 10 heteroatoms. The van der Waals surface area contributed by atoms with Crippen LogP contribution >= 0.6 is 11.6 Å². The Kier molecular flexibility index (Phi) is 7.26. The highest BCUT2D eigenvalue weighted by Crippen LogP contribution is 2.20. The minimum Gasteiger partial charge on any atom is -0.452 e. The molecule has 176 valence electrons. The third kappa shape index (κ3) is 5.44. The van der Waals surface area contributed by atoms with Gasteiger partial charge in [-0.2, -0.15) is 4.31 Å². The van der Waals surface area contributed by atoms with Gasteiger partial charge >= 0.3 is 5.97 Å². The summed E-state index contributed by atoms with van der Waals surface area (Å²) in [7, 11) is -3.67. The van der Waals surface area contributed by atoms with Crippen LogP contribution in [0.5, 0.6) is 0 Å². The van der Waals surface area contributed by atoms with Gasteiger partial charge < -0.3 is 9.64 Å². The van der Waals surface area contributed by atoms with E-state index in [4.69, 9.17) is 16.3 Å². The van der Waals surface area contributed by atoms with Crippen LogP contribution in [0.25, 0.3) is 17.0 Å². The molecule has 0 aliphatic carbocycles. The van der Waals surface area contributed by atoms with E-state index in [-0.39, 0.29) is 37.0 Å². The first-order valence-electron chi connectivity index (χ1n) is 10.6. The number of benzene rings is 2. The Morgan fingerprint density at radius 1 is 1.00 bits per heavy atom. The van der Waals surface area contributed by atoms with Gasteiger partial charge in [0.1, 0.15) is 0 Å². The molecule has 0 N–H and O–H groups in total. The Balaban J connectivity index is 1.28. The van der Waals surface area contributed by atoms with Crippen molar-refractivity contribution in [3.05, 3.63) is 77.5 Å². The number of carbonyl (C=O) groups excluding carboxylic acids is 2. The Morgan fingerprint density at radius 3 is 2.44 bits per heavy atom. The van der Waals surface area contributed by atoms with E-state index < -0.39 is 22.6 Å². The molecule has 4 rings (SSSR count). The van der Waals surface area contributed by atoms with Crippen molar-refractivity contribution in [2.45, 2.75) is 4.90 Å². The zero-order chi connectivity index (χ0) is 24.1. The molecule has 1 saturated heterocycles. The van der Waals surface area contributed by atoms with E-state index in [2.05, 4.69) is 4.98 Å².